The van der Waals surface area contributed by atoms with E-state index in [0.29, 0.717) is 36.8 Å². The molecule has 0 saturated carbocycles. The monoisotopic (exact) mass is 423 g/mol. The molecule has 2 amide bonds. The van der Waals surface area contributed by atoms with Crippen LogP contribution in [0.3, 0.4) is 0 Å². The molecule has 0 atom stereocenters. The highest BCUT2D eigenvalue weighted by atomic mass is 35.5. The Balaban J connectivity index is 2.04. The van der Waals surface area contributed by atoms with Crippen LogP contribution in [0.4, 0.5) is 10.1 Å². The Hall–Kier alpha value is -2.41. The number of hydrogen-bond donors (Lipinski definition) is 0. The van der Waals surface area contributed by atoms with Gasteiger partial charge in [-0.3, -0.25) is 19.4 Å². The molecule has 1 aromatic rings. The number of nitrogens with zero attached hydrogens (tertiary/aromatic N) is 1. The molecule has 0 spiro atoms. The number of anilines is 1. The Morgan fingerprint density at radius 3 is 2.34 bits per heavy atom. The van der Waals surface area contributed by atoms with Crippen LogP contribution < -0.4 is 9.79 Å². The van der Waals surface area contributed by atoms with Crippen LogP contribution in [0.25, 0.3) is 0 Å². The molecule has 1 aromatic carbocycles. The number of carbonyl (C=O) groups is 3. The third-order valence-corrected chi connectivity index (χ3v) is 5.56. The van der Waals surface area contributed by atoms with Gasteiger partial charge in [-0.2, -0.15) is 0 Å². The summed E-state index contributed by atoms with van der Waals surface area (Å²) in [5.74, 6) is -2.59. The molecule has 29 heavy (non-hydrogen) atoms. The maximum absolute atomic E-state index is 15.4. The lowest BCUT2D eigenvalue weighted by Gasteiger charge is -2.20. The molecule has 0 aromatic heterocycles. The smallest absolute Gasteiger partial charge is 0.285 e. The molecule has 8 heteroatoms. The van der Waals surface area contributed by atoms with E-state index in [-0.39, 0.29) is 22.0 Å². The normalized spacial score (nSPS) is 16.3. The molecule has 1 aliphatic heterocycles. The Kier molecular flexibility index (Phi) is 6.57. The Labute approximate surface area is 173 Å². The van der Waals surface area contributed by atoms with E-state index in [1.807, 2.05) is 6.92 Å². The van der Waals surface area contributed by atoms with Gasteiger partial charge in [0.2, 0.25) is 0 Å². The van der Waals surface area contributed by atoms with Crippen LogP contribution in [0.5, 0.6) is 5.75 Å². The molecule has 0 radical (unpaired) electrons. The molecule has 0 unspecified atom stereocenters. The molecule has 0 fully saturated rings. The third kappa shape index (κ3) is 4.15. The second kappa shape index (κ2) is 8.95. The molecule has 3 rings (SSSR count). The predicted molar refractivity (Wildman–Crippen MR) is 105 cm³/mol. The fourth-order valence-electron chi connectivity index (χ4n) is 3.71. The van der Waals surface area contributed by atoms with Gasteiger partial charge in [0.15, 0.2) is 11.6 Å². The fraction of sp³-hybridized carbons (Fsp3) is 0.476. The van der Waals surface area contributed by atoms with E-state index < -0.39 is 23.6 Å². The van der Waals surface area contributed by atoms with Gasteiger partial charge >= 0.3 is 5.97 Å². The van der Waals surface area contributed by atoms with E-state index >= 15 is 4.39 Å². The van der Waals surface area contributed by atoms with Gasteiger partial charge in [-0.25, -0.2) is 14.1 Å². The maximum Gasteiger partial charge on any atom is 0.352 e. The lowest BCUT2D eigenvalue weighted by molar-refractivity contribution is -0.210. The third-order valence-electron chi connectivity index (χ3n) is 5.15. The molecular formula is C21H23ClFNO5. The van der Waals surface area contributed by atoms with Gasteiger partial charge in [0.1, 0.15) is 0 Å². The van der Waals surface area contributed by atoms with Gasteiger partial charge in [0.05, 0.1) is 10.7 Å². The fourth-order valence-corrected chi connectivity index (χ4v) is 3.97. The number of unbranched alkanes of at least 4 members (excludes halogenated alkanes) is 2. The summed E-state index contributed by atoms with van der Waals surface area (Å²) in [6.45, 7) is 3.16. The van der Waals surface area contributed by atoms with E-state index in [1.165, 1.54) is 0 Å². The Morgan fingerprint density at radius 2 is 1.79 bits per heavy atom. The number of imide groups is 1. The van der Waals surface area contributed by atoms with Gasteiger partial charge in [-0.05, 0) is 38.5 Å². The van der Waals surface area contributed by atoms with Crippen molar-refractivity contribution in [3.05, 3.63) is 33.6 Å². The molecule has 0 saturated heterocycles. The summed E-state index contributed by atoms with van der Waals surface area (Å²) in [6.07, 6.45) is 5.40. The first kappa shape index (κ1) is 21.3. The van der Waals surface area contributed by atoms with Crippen molar-refractivity contribution in [2.75, 3.05) is 4.90 Å². The van der Waals surface area contributed by atoms with Crippen LogP contribution in [0, 0.1) is 5.82 Å². The predicted octanol–water partition coefficient (Wildman–Crippen LogP) is 4.81. The maximum atomic E-state index is 15.4. The number of hydrogen-bond acceptors (Lipinski definition) is 5. The minimum Gasteiger partial charge on any atom is -0.285 e. The number of benzene rings is 1. The summed E-state index contributed by atoms with van der Waals surface area (Å²) in [6, 6.07) is 1.14. The largest absolute Gasteiger partial charge is 0.352 e. The van der Waals surface area contributed by atoms with E-state index in [1.54, 1.807) is 0 Å². The average Bonchev–Trinajstić information content (AvgIpc) is 2.95. The van der Waals surface area contributed by atoms with Crippen molar-refractivity contribution in [3.63, 3.8) is 0 Å². The first-order valence-electron chi connectivity index (χ1n) is 9.83. The quantitative estimate of drug-likeness (QED) is 0.272. The number of amides is 2. The van der Waals surface area contributed by atoms with Crippen LogP contribution in [0.1, 0.15) is 64.4 Å². The van der Waals surface area contributed by atoms with Crippen LogP contribution in [-0.4, -0.2) is 17.8 Å². The van der Waals surface area contributed by atoms with Crippen molar-refractivity contribution in [2.45, 2.75) is 65.2 Å². The standard InChI is InChI=1S/C21H23ClFNO5/c1-3-4-5-10-15-18(22)17(29-28-12(2)25)11-16(19(15)23)24-20(26)13-8-6-7-9-14(13)21(24)27/h11H,3-10H2,1-2H3. The first-order chi connectivity index (χ1) is 13.9. The Bertz CT molecular complexity index is 868. The van der Waals surface area contributed by atoms with Crippen molar-refractivity contribution in [2.24, 2.45) is 0 Å². The van der Waals surface area contributed by atoms with Gasteiger partial charge in [0, 0.05) is 29.7 Å². The summed E-state index contributed by atoms with van der Waals surface area (Å²) in [7, 11) is 0. The number of halogens is 2. The zero-order valence-electron chi connectivity index (χ0n) is 16.5. The number of rotatable bonds is 7. The molecule has 0 bridgehead atoms. The van der Waals surface area contributed by atoms with Crippen molar-refractivity contribution in [3.8, 4) is 5.75 Å². The summed E-state index contributed by atoms with van der Waals surface area (Å²) in [5, 5.41) is -0.0413. The zero-order valence-corrected chi connectivity index (χ0v) is 17.2. The molecule has 156 valence electrons. The lowest BCUT2D eigenvalue weighted by atomic mass is 9.93. The van der Waals surface area contributed by atoms with Gasteiger partial charge < -0.3 is 0 Å². The summed E-state index contributed by atoms with van der Waals surface area (Å²) in [4.78, 5) is 47.2. The van der Waals surface area contributed by atoms with E-state index in [9.17, 15) is 14.4 Å². The summed E-state index contributed by atoms with van der Waals surface area (Å²) < 4.78 is 15.4. The minimum atomic E-state index is -0.733. The summed E-state index contributed by atoms with van der Waals surface area (Å²) >= 11 is 6.29. The topological polar surface area (TPSA) is 72.9 Å². The van der Waals surface area contributed by atoms with Crippen LogP contribution in [0.15, 0.2) is 17.2 Å². The van der Waals surface area contributed by atoms with Gasteiger partial charge in [-0.15, -0.1) is 0 Å². The van der Waals surface area contributed by atoms with E-state index in [2.05, 4.69) is 4.89 Å². The zero-order chi connectivity index (χ0) is 21.1. The van der Waals surface area contributed by atoms with Crippen LogP contribution in [0.2, 0.25) is 5.02 Å². The molecular weight excluding hydrogens is 401 g/mol. The molecule has 1 heterocycles. The van der Waals surface area contributed by atoms with Crippen molar-refractivity contribution in [1.29, 1.82) is 0 Å². The minimum absolute atomic E-state index is 0.0413. The second-order valence-corrected chi connectivity index (χ2v) is 7.60. The number of carbonyl (C=O) groups excluding carboxylic acids is 3. The summed E-state index contributed by atoms with van der Waals surface area (Å²) in [5.41, 5.74) is 0.800. The van der Waals surface area contributed by atoms with Crippen LogP contribution >= 0.6 is 11.6 Å². The molecule has 2 aliphatic rings. The van der Waals surface area contributed by atoms with Gasteiger partial charge in [0.25, 0.3) is 11.8 Å². The lowest BCUT2D eigenvalue weighted by Crippen LogP contribution is -2.32. The average molecular weight is 424 g/mol. The Morgan fingerprint density at radius 1 is 1.17 bits per heavy atom. The van der Waals surface area contributed by atoms with Crippen molar-refractivity contribution in [1.82, 2.24) is 0 Å². The van der Waals surface area contributed by atoms with Crippen LogP contribution in [-0.2, 0) is 25.7 Å². The first-order valence-corrected chi connectivity index (χ1v) is 10.2. The SMILES string of the molecule is CCCCCc1c(F)c(N2C(=O)C3=C(CCCC3)C2=O)cc(OOC(C)=O)c1Cl. The van der Waals surface area contributed by atoms with Gasteiger partial charge in [-0.1, -0.05) is 31.4 Å². The van der Waals surface area contributed by atoms with E-state index in [0.717, 1.165) is 43.6 Å². The second-order valence-electron chi connectivity index (χ2n) is 7.23. The van der Waals surface area contributed by atoms with Crippen molar-refractivity contribution >= 4 is 35.1 Å². The molecule has 0 N–H and O–H groups in total. The highest BCUT2D eigenvalue weighted by molar-refractivity contribution is 6.35. The highest BCUT2D eigenvalue weighted by Crippen LogP contribution is 2.42. The molecule has 6 nitrogen and oxygen atoms in total. The highest BCUT2D eigenvalue weighted by Gasteiger charge is 2.41. The van der Waals surface area contributed by atoms with E-state index in [4.69, 9.17) is 16.5 Å². The molecule has 1 aliphatic carbocycles. The van der Waals surface area contributed by atoms with Crippen molar-refractivity contribution < 1.29 is 28.5 Å².